The smallest absolute Gasteiger partial charge is 0.341 e. The van der Waals surface area contributed by atoms with Gasteiger partial charge in [-0.05, 0) is 43.3 Å². The second-order valence-electron chi connectivity index (χ2n) is 8.76. The summed E-state index contributed by atoms with van der Waals surface area (Å²) in [6.07, 6.45) is 1.33. The summed E-state index contributed by atoms with van der Waals surface area (Å²) >= 11 is 1.65. The van der Waals surface area contributed by atoms with E-state index in [1.54, 1.807) is 34.5 Å². The molecule has 2 aliphatic heterocycles. The lowest BCUT2D eigenvalue weighted by Crippen LogP contribution is -2.49. The van der Waals surface area contributed by atoms with Gasteiger partial charge in [-0.3, -0.25) is 14.7 Å². The van der Waals surface area contributed by atoms with Crippen molar-refractivity contribution < 1.29 is 19.4 Å². The number of anilines is 1. The predicted octanol–water partition coefficient (Wildman–Crippen LogP) is 3.01. The van der Waals surface area contributed by atoms with Gasteiger partial charge in [0.05, 0.1) is 23.7 Å². The number of nitrogens with zero attached hydrogens (tertiary/aromatic N) is 5. The first kappa shape index (κ1) is 24.1. The number of piperazine rings is 1. The number of aromatic hydroxyl groups is 1. The molecule has 3 heterocycles. The molecule has 5 rings (SSSR count). The van der Waals surface area contributed by atoms with E-state index in [0.29, 0.717) is 37.5 Å². The SMILES string of the molecule is CCn1cc(C(=O)O)c(=O)c2cc(F)c(N3CCN(CN4CSC(c5ccc(O)cc5)=N4)CC3)cc21. The van der Waals surface area contributed by atoms with E-state index in [-0.39, 0.29) is 16.7 Å². The lowest BCUT2D eigenvalue weighted by Gasteiger charge is -2.37. The number of carboxylic acid groups (broad SMARTS) is 1. The van der Waals surface area contributed by atoms with Crippen molar-refractivity contribution >= 4 is 39.4 Å². The number of thioether (sulfide) groups is 1. The summed E-state index contributed by atoms with van der Waals surface area (Å²) < 4.78 is 16.8. The van der Waals surface area contributed by atoms with E-state index in [9.17, 15) is 19.8 Å². The van der Waals surface area contributed by atoms with Crippen LogP contribution in [0.2, 0.25) is 0 Å². The van der Waals surface area contributed by atoms with Crippen molar-refractivity contribution in [3.05, 3.63) is 69.8 Å². The number of fused-ring (bicyclic) bond motifs is 1. The van der Waals surface area contributed by atoms with E-state index in [1.165, 1.54) is 12.3 Å². The summed E-state index contributed by atoms with van der Waals surface area (Å²) in [7, 11) is 0. The molecule has 0 unspecified atom stereocenters. The van der Waals surface area contributed by atoms with Crippen LogP contribution in [-0.4, -0.2) is 74.4 Å². The molecule has 3 aromatic rings. The molecule has 9 nitrogen and oxygen atoms in total. The summed E-state index contributed by atoms with van der Waals surface area (Å²) in [5.74, 6) is -0.886. The van der Waals surface area contributed by atoms with Crippen LogP contribution in [-0.2, 0) is 6.54 Å². The Balaban J connectivity index is 1.29. The van der Waals surface area contributed by atoms with E-state index < -0.39 is 17.2 Å². The Morgan fingerprint density at radius 2 is 1.86 bits per heavy atom. The largest absolute Gasteiger partial charge is 0.508 e. The average Bonchev–Trinajstić information content (AvgIpc) is 3.33. The van der Waals surface area contributed by atoms with Gasteiger partial charge in [0.15, 0.2) is 0 Å². The molecular weight excluding hydrogens is 485 g/mol. The highest BCUT2D eigenvalue weighted by Crippen LogP contribution is 2.28. The predicted molar refractivity (Wildman–Crippen MR) is 138 cm³/mol. The number of carboxylic acids is 1. The molecule has 1 saturated heterocycles. The van der Waals surface area contributed by atoms with Crippen LogP contribution in [0.15, 0.2) is 52.5 Å². The Morgan fingerprint density at radius 3 is 2.53 bits per heavy atom. The second-order valence-corrected chi connectivity index (χ2v) is 9.70. The molecule has 11 heteroatoms. The van der Waals surface area contributed by atoms with Gasteiger partial charge in [0.2, 0.25) is 5.43 Å². The average molecular weight is 512 g/mol. The van der Waals surface area contributed by atoms with E-state index in [2.05, 4.69) is 4.90 Å². The van der Waals surface area contributed by atoms with Gasteiger partial charge in [0.25, 0.3) is 0 Å². The first-order valence-electron chi connectivity index (χ1n) is 11.7. The zero-order valence-electron chi connectivity index (χ0n) is 19.7. The first-order valence-corrected chi connectivity index (χ1v) is 12.7. The minimum absolute atomic E-state index is 0.0745. The molecule has 0 bridgehead atoms. The Kier molecular flexibility index (Phi) is 6.59. The molecule has 2 N–H and O–H groups in total. The van der Waals surface area contributed by atoms with Crippen molar-refractivity contribution in [2.24, 2.45) is 5.10 Å². The fourth-order valence-electron chi connectivity index (χ4n) is 4.56. The van der Waals surface area contributed by atoms with E-state index in [4.69, 9.17) is 5.10 Å². The Hall–Kier alpha value is -3.57. The molecule has 2 aromatic carbocycles. The number of aromatic carboxylic acids is 1. The quantitative estimate of drug-likeness (QED) is 0.521. The maximum Gasteiger partial charge on any atom is 0.341 e. The van der Waals surface area contributed by atoms with Crippen LogP contribution in [0.4, 0.5) is 10.1 Å². The lowest BCUT2D eigenvalue weighted by atomic mass is 10.1. The topological polar surface area (TPSA) is 102 Å². The number of aryl methyl sites for hydroxylation is 1. The minimum atomic E-state index is -1.32. The molecule has 1 fully saturated rings. The molecule has 0 spiro atoms. The summed E-state index contributed by atoms with van der Waals surface area (Å²) in [4.78, 5) is 28.3. The molecule has 2 aliphatic rings. The maximum absolute atomic E-state index is 15.1. The normalized spacial score (nSPS) is 16.6. The van der Waals surface area contributed by atoms with Crippen molar-refractivity contribution in [3.63, 3.8) is 0 Å². The number of hydrazone groups is 1. The number of phenols is 1. The van der Waals surface area contributed by atoms with Crippen LogP contribution in [0.5, 0.6) is 5.75 Å². The molecule has 1 aromatic heterocycles. The van der Waals surface area contributed by atoms with Gasteiger partial charge < -0.3 is 19.7 Å². The number of hydrogen-bond donors (Lipinski definition) is 2. The minimum Gasteiger partial charge on any atom is -0.508 e. The fraction of sp³-hybridized carbons (Fsp3) is 0.320. The molecule has 0 amide bonds. The maximum atomic E-state index is 15.1. The van der Waals surface area contributed by atoms with Crippen LogP contribution in [0.25, 0.3) is 10.9 Å². The Bertz CT molecular complexity index is 1400. The van der Waals surface area contributed by atoms with Gasteiger partial charge in [0.1, 0.15) is 22.2 Å². The van der Waals surface area contributed by atoms with E-state index in [1.807, 2.05) is 29.0 Å². The fourth-order valence-corrected chi connectivity index (χ4v) is 5.44. The summed E-state index contributed by atoms with van der Waals surface area (Å²) in [6, 6.07) is 9.82. The first-order chi connectivity index (χ1) is 17.3. The van der Waals surface area contributed by atoms with Crippen LogP contribution >= 0.6 is 11.8 Å². The van der Waals surface area contributed by atoms with Gasteiger partial charge in [-0.25, -0.2) is 9.18 Å². The highest BCUT2D eigenvalue weighted by molar-refractivity contribution is 8.14. The number of benzene rings is 2. The summed E-state index contributed by atoms with van der Waals surface area (Å²) in [6.45, 7) is 5.64. The van der Waals surface area contributed by atoms with Crippen LogP contribution in [0, 0.1) is 5.82 Å². The van der Waals surface area contributed by atoms with Crippen molar-refractivity contribution in [2.45, 2.75) is 13.5 Å². The van der Waals surface area contributed by atoms with Gasteiger partial charge in [-0.15, -0.1) is 0 Å². The molecule has 0 saturated carbocycles. The van der Waals surface area contributed by atoms with Crippen molar-refractivity contribution in [1.82, 2.24) is 14.5 Å². The number of phenolic OH excluding ortho intramolecular Hbond substituents is 1. The number of rotatable bonds is 6. The monoisotopic (exact) mass is 511 g/mol. The third-order valence-electron chi connectivity index (χ3n) is 6.49. The summed E-state index contributed by atoms with van der Waals surface area (Å²) in [5.41, 5.74) is 0.875. The zero-order valence-corrected chi connectivity index (χ0v) is 20.5. The molecular formula is C25H26FN5O4S. The zero-order chi connectivity index (χ0) is 25.4. The molecule has 0 radical (unpaired) electrons. The lowest BCUT2D eigenvalue weighted by molar-refractivity contribution is 0.0695. The number of pyridine rings is 1. The molecule has 0 aliphatic carbocycles. The van der Waals surface area contributed by atoms with Gasteiger partial charge in [-0.1, -0.05) is 11.8 Å². The van der Waals surface area contributed by atoms with Gasteiger partial charge >= 0.3 is 5.97 Å². The molecule has 36 heavy (non-hydrogen) atoms. The number of halogens is 1. The number of carbonyl (C=O) groups is 1. The van der Waals surface area contributed by atoms with Gasteiger partial charge in [-0.2, -0.15) is 5.10 Å². The summed E-state index contributed by atoms with van der Waals surface area (Å²) in [5, 5.41) is 26.5. The van der Waals surface area contributed by atoms with Crippen molar-refractivity contribution in [3.8, 4) is 5.75 Å². The number of hydrogen-bond acceptors (Lipinski definition) is 8. The highest BCUT2D eigenvalue weighted by Gasteiger charge is 2.25. The van der Waals surface area contributed by atoms with Crippen LogP contribution in [0.1, 0.15) is 22.8 Å². The molecule has 188 valence electrons. The highest BCUT2D eigenvalue weighted by atomic mass is 32.2. The molecule has 0 atom stereocenters. The standard InChI is InChI=1S/C25H26FN5O4S/c1-2-29-13-19(25(34)35)23(33)18-11-20(26)22(12-21(18)29)30-9-7-28(8-10-30)14-31-15-36-24(27-31)16-3-5-17(32)6-4-16/h3-6,11-13,32H,2,7-10,14-15H2,1H3,(H,34,35). The second kappa shape index (κ2) is 9.82. The van der Waals surface area contributed by atoms with Crippen LogP contribution < -0.4 is 10.3 Å². The van der Waals surface area contributed by atoms with Crippen molar-refractivity contribution in [2.75, 3.05) is 43.6 Å². The Morgan fingerprint density at radius 1 is 1.14 bits per heavy atom. The third-order valence-corrected chi connectivity index (χ3v) is 7.51. The Labute approximate surface area is 211 Å². The van der Waals surface area contributed by atoms with Crippen LogP contribution in [0.3, 0.4) is 0 Å². The third kappa shape index (κ3) is 4.63. The number of aromatic nitrogens is 1. The van der Waals surface area contributed by atoms with E-state index >= 15 is 4.39 Å². The van der Waals surface area contributed by atoms with E-state index in [0.717, 1.165) is 29.6 Å². The van der Waals surface area contributed by atoms with Gasteiger partial charge in [0, 0.05) is 49.9 Å². The van der Waals surface area contributed by atoms with Crippen molar-refractivity contribution in [1.29, 1.82) is 0 Å².